The van der Waals surface area contributed by atoms with Crippen LogP contribution in [0.1, 0.15) is 16.7 Å². The molecule has 2 aromatic carbocycles. The van der Waals surface area contributed by atoms with E-state index in [1.807, 2.05) is 12.1 Å². The van der Waals surface area contributed by atoms with Crippen molar-refractivity contribution in [1.82, 2.24) is 15.5 Å². The number of piperazine rings is 1. The largest absolute Gasteiger partial charge is 0.493 e. The minimum Gasteiger partial charge on any atom is -0.493 e. The van der Waals surface area contributed by atoms with Gasteiger partial charge in [-0.05, 0) is 30.2 Å². The fourth-order valence-electron chi connectivity index (χ4n) is 3.26. The second kappa shape index (κ2) is 10.7. The summed E-state index contributed by atoms with van der Waals surface area (Å²) in [5.41, 5.74) is 3.42. The summed E-state index contributed by atoms with van der Waals surface area (Å²) in [6.45, 7) is 9.69. The molecule has 0 radical (unpaired) electrons. The van der Waals surface area contributed by atoms with Crippen molar-refractivity contribution in [2.75, 3.05) is 46.4 Å². The van der Waals surface area contributed by atoms with Crippen LogP contribution in [0.4, 0.5) is 0 Å². The number of hydrogen-bond acceptors (Lipinski definition) is 5. The van der Waals surface area contributed by atoms with Crippen molar-refractivity contribution in [2.24, 2.45) is 0 Å². The van der Waals surface area contributed by atoms with Gasteiger partial charge in [-0.3, -0.25) is 4.90 Å². The molecular formula is C22H30ClN3O2. The van der Waals surface area contributed by atoms with Crippen LogP contribution in [-0.2, 0) is 13.2 Å². The van der Waals surface area contributed by atoms with Gasteiger partial charge in [-0.1, -0.05) is 41.4 Å². The number of hydrogen-bond donors (Lipinski definition) is 2. The van der Waals surface area contributed by atoms with Gasteiger partial charge >= 0.3 is 0 Å². The Morgan fingerprint density at radius 2 is 1.86 bits per heavy atom. The van der Waals surface area contributed by atoms with Crippen molar-refractivity contribution < 1.29 is 9.47 Å². The first-order valence-electron chi connectivity index (χ1n) is 9.84. The van der Waals surface area contributed by atoms with Crippen molar-refractivity contribution in [3.05, 3.63) is 58.1 Å². The monoisotopic (exact) mass is 403 g/mol. The van der Waals surface area contributed by atoms with E-state index < -0.39 is 0 Å². The van der Waals surface area contributed by atoms with E-state index in [0.717, 1.165) is 56.9 Å². The Balaban J connectivity index is 1.53. The third kappa shape index (κ3) is 6.11. The quantitative estimate of drug-likeness (QED) is 0.629. The summed E-state index contributed by atoms with van der Waals surface area (Å²) in [5.74, 6) is 1.26. The van der Waals surface area contributed by atoms with Crippen LogP contribution in [-0.4, -0.2) is 51.3 Å². The maximum atomic E-state index is 6.49. The number of nitrogens with one attached hydrogen (secondary N) is 2. The Labute approximate surface area is 173 Å². The van der Waals surface area contributed by atoms with Gasteiger partial charge in [0, 0.05) is 45.8 Å². The number of aryl methyl sites for hydroxylation is 1. The zero-order valence-corrected chi connectivity index (χ0v) is 17.5. The van der Waals surface area contributed by atoms with Crippen LogP contribution >= 0.6 is 11.6 Å². The lowest BCUT2D eigenvalue weighted by atomic mass is 10.1. The van der Waals surface area contributed by atoms with Crippen molar-refractivity contribution in [3.63, 3.8) is 0 Å². The zero-order chi connectivity index (χ0) is 19.8. The molecule has 0 unspecified atom stereocenters. The maximum absolute atomic E-state index is 6.49. The van der Waals surface area contributed by atoms with Gasteiger partial charge in [0.1, 0.15) is 6.61 Å². The second-order valence-corrected chi connectivity index (χ2v) is 7.56. The lowest BCUT2D eigenvalue weighted by Gasteiger charge is -2.27. The fraction of sp³-hybridized carbons (Fsp3) is 0.455. The summed E-state index contributed by atoms with van der Waals surface area (Å²) in [4.78, 5) is 2.47. The van der Waals surface area contributed by atoms with E-state index >= 15 is 0 Å². The van der Waals surface area contributed by atoms with E-state index in [4.69, 9.17) is 21.1 Å². The predicted molar refractivity (Wildman–Crippen MR) is 115 cm³/mol. The van der Waals surface area contributed by atoms with Crippen LogP contribution < -0.4 is 20.1 Å². The molecule has 152 valence electrons. The molecule has 0 atom stereocenters. The number of rotatable bonds is 9. The fourth-order valence-corrected chi connectivity index (χ4v) is 3.55. The smallest absolute Gasteiger partial charge is 0.180 e. The van der Waals surface area contributed by atoms with E-state index in [0.29, 0.717) is 23.1 Å². The van der Waals surface area contributed by atoms with Gasteiger partial charge in [0.15, 0.2) is 11.5 Å². The van der Waals surface area contributed by atoms with Crippen LogP contribution in [0.15, 0.2) is 36.4 Å². The molecule has 28 heavy (non-hydrogen) atoms. The van der Waals surface area contributed by atoms with Crippen LogP contribution in [0, 0.1) is 6.92 Å². The van der Waals surface area contributed by atoms with E-state index in [2.05, 4.69) is 46.7 Å². The molecule has 3 rings (SSSR count). The number of benzene rings is 2. The molecule has 0 spiro atoms. The van der Waals surface area contributed by atoms with E-state index in [1.165, 1.54) is 5.56 Å². The molecule has 2 N–H and O–H groups in total. The minimum absolute atomic E-state index is 0.457. The molecular weight excluding hydrogens is 374 g/mol. The molecule has 2 aromatic rings. The lowest BCUT2D eigenvalue weighted by Crippen LogP contribution is -2.45. The Bertz CT molecular complexity index is 746. The highest BCUT2D eigenvalue weighted by Gasteiger charge is 2.13. The molecule has 1 heterocycles. The average Bonchev–Trinajstić information content (AvgIpc) is 2.72. The Hall–Kier alpha value is -1.79. The minimum atomic E-state index is 0.457. The van der Waals surface area contributed by atoms with Crippen LogP contribution in [0.3, 0.4) is 0 Å². The van der Waals surface area contributed by atoms with E-state index in [1.54, 1.807) is 7.11 Å². The molecule has 0 saturated carbocycles. The Kier molecular flexibility index (Phi) is 7.98. The van der Waals surface area contributed by atoms with Crippen molar-refractivity contribution in [1.29, 1.82) is 0 Å². The molecule has 0 bridgehead atoms. The van der Waals surface area contributed by atoms with E-state index in [-0.39, 0.29) is 0 Å². The third-order valence-electron chi connectivity index (χ3n) is 4.94. The third-order valence-corrected chi connectivity index (χ3v) is 5.22. The van der Waals surface area contributed by atoms with Gasteiger partial charge in [-0.15, -0.1) is 0 Å². The highest BCUT2D eigenvalue weighted by molar-refractivity contribution is 6.32. The summed E-state index contributed by atoms with van der Waals surface area (Å²) in [6, 6.07) is 12.2. The molecule has 1 aliphatic rings. The summed E-state index contributed by atoms with van der Waals surface area (Å²) in [6.07, 6.45) is 0. The van der Waals surface area contributed by atoms with Gasteiger partial charge in [0.05, 0.1) is 12.1 Å². The normalized spacial score (nSPS) is 14.8. The van der Waals surface area contributed by atoms with Crippen molar-refractivity contribution in [3.8, 4) is 11.5 Å². The molecule has 1 aliphatic heterocycles. The topological polar surface area (TPSA) is 45.8 Å². The summed E-state index contributed by atoms with van der Waals surface area (Å²) < 4.78 is 11.5. The summed E-state index contributed by atoms with van der Waals surface area (Å²) >= 11 is 6.49. The van der Waals surface area contributed by atoms with Crippen LogP contribution in [0.25, 0.3) is 0 Å². The van der Waals surface area contributed by atoms with Crippen LogP contribution in [0.5, 0.6) is 11.5 Å². The SMILES string of the molecule is COc1cc(CNCCN2CCNCC2)cc(Cl)c1OCc1ccc(C)cc1. The number of ether oxygens (including phenoxy) is 2. The molecule has 5 nitrogen and oxygen atoms in total. The first kappa shape index (κ1) is 20.9. The maximum Gasteiger partial charge on any atom is 0.180 e. The molecule has 1 fully saturated rings. The Morgan fingerprint density at radius 3 is 2.57 bits per heavy atom. The average molecular weight is 404 g/mol. The van der Waals surface area contributed by atoms with Crippen LogP contribution in [0.2, 0.25) is 5.02 Å². The zero-order valence-electron chi connectivity index (χ0n) is 16.8. The highest BCUT2D eigenvalue weighted by Crippen LogP contribution is 2.37. The lowest BCUT2D eigenvalue weighted by molar-refractivity contribution is 0.241. The number of halogens is 1. The summed E-state index contributed by atoms with van der Waals surface area (Å²) in [5, 5.41) is 7.44. The van der Waals surface area contributed by atoms with Gasteiger partial charge in [-0.2, -0.15) is 0 Å². The first-order valence-corrected chi connectivity index (χ1v) is 10.2. The van der Waals surface area contributed by atoms with Gasteiger partial charge in [0.2, 0.25) is 0 Å². The Morgan fingerprint density at radius 1 is 1.11 bits per heavy atom. The highest BCUT2D eigenvalue weighted by atomic mass is 35.5. The van der Waals surface area contributed by atoms with E-state index in [9.17, 15) is 0 Å². The summed E-state index contributed by atoms with van der Waals surface area (Å²) in [7, 11) is 1.64. The van der Waals surface area contributed by atoms with Crippen molar-refractivity contribution >= 4 is 11.6 Å². The second-order valence-electron chi connectivity index (χ2n) is 7.15. The predicted octanol–water partition coefficient (Wildman–Crippen LogP) is 3.23. The number of methoxy groups -OCH3 is 1. The molecule has 0 aliphatic carbocycles. The number of nitrogens with zero attached hydrogens (tertiary/aromatic N) is 1. The molecule has 1 saturated heterocycles. The molecule has 6 heteroatoms. The standard InChI is InChI=1S/C22H30ClN3O2/c1-17-3-5-18(6-4-17)16-28-22-20(23)13-19(14-21(22)27-2)15-25-9-12-26-10-7-24-8-11-26/h3-6,13-14,24-25H,7-12,15-16H2,1-2H3. The van der Waals surface area contributed by atoms with Gasteiger partial charge in [0.25, 0.3) is 0 Å². The van der Waals surface area contributed by atoms with Crippen molar-refractivity contribution in [2.45, 2.75) is 20.1 Å². The van der Waals surface area contributed by atoms with Gasteiger partial charge < -0.3 is 20.1 Å². The molecule has 0 amide bonds. The first-order chi connectivity index (χ1) is 13.7. The molecule has 0 aromatic heterocycles. The van der Waals surface area contributed by atoms with Gasteiger partial charge in [-0.25, -0.2) is 0 Å².